The lowest BCUT2D eigenvalue weighted by Crippen LogP contribution is -2.17. The number of nitrogens with one attached hydrogen (secondary N) is 2. The van der Waals surface area contributed by atoms with E-state index in [0.717, 1.165) is 11.4 Å². The predicted octanol–water partition coefficient (Wildman–Crippen LogP) is 2.92. The maximum atomic E-state index is 12.3. The standard InChI is InChI=1S/C20H24N2O6/c1-24-17-11-14(12-18(25-2)20(17)26-3)22-19(23)6-7-21-13-4-5-15-16(10-13)28-9-8-27-15/h4-5,10-12,21H,6-9H2,1-3H3,(H,22,23). The van der Waals surface area contributed by atoms with Crippen LogP contribution in [-0.2, 0) is 4.79 Å². The van der Waals surface area contributed by atoms with Crippen molar-refractivity contribution in [2.75, 3.05) is 51.7 Å². The van der Waals surface area contributed by atoms with E-state index >= 15 is 0 Å². The van der Waals surface area contributed by atoms with Gasteiger partial charge in [-0.2, -0.15) is 0 Å². The van der Waals surface area contributed by atoms with E-state index in [-0.39, 0.29) is 12.3 Å². The van der Waals surface area contributed by atoms with Crippen molar-refractivity contribution in [2.24, 2.45) is 0 Å². The molecule has 2 N–H and O–H groups in total. The van der Waals surface area contributed by atoms with Crippen LogP contribution in [-0.4, -0.2) is 47.0 Å². The molecule has 0 aromatic heterocycles. The molecule has 2 aromatic rings. The summed E-state index contributed by atoms with van der Waals surface area (Å²) in [6.07, 6.45) is 0.283. The minimum Gasteiger partial charge on any atom is -0.493 e. The second-order valence-corrected chi connectivity index (χ2v) is 6.00. The number of ether oxygens (including phenoxy) is 5. The third-order valence-corrected chi connectivity index (χ3v) is 4.17. The first-order valence-corrected chi connectivity index (χ1v) is 8.88. The molecule has 2 aromatic carbocycles. The molecule has 3 rings (SSSR count). The molecule has 0 spiro atoms. The summed E-state index contributed by atoms with van der Waals surface area (Å²) in [5.74, 6) is 2.73. The van der Waals surface area contributed by atoms with Crippen LogP contribution in [0.2, 0.25) is 0 Å². The second kappa shape index (κ2) is 9.07. The molecule has 28 heavy (non-hydrogen) atoms. The first kappa shape index (κ1) is 19.5. The molecule has 150 valence electrons. The second-order valence-electron chi connectivity index (χ2n) is 6.00. The van der Waals surface area contributed by atoms with Gasteiger partial charge >= 0.3 is 0 Å². The maximum absolute atomic E-state index is 12.3. The van der Waals surface area contributed by atoms with Gasteiger partial charge in [0.25, 0.3) is 0 Å². The van der Waals surface area contributed by atoms with E-state index in [0.29, 0.717) is 48.4 Å². The molecule has 1 aliphatic rings. The third-order valence-electron chi connectivity index (χ3n) is 4.17. The summed E-state index contributed by atoms with van der Waals surface area (Å²) in [5, 5.41) is 6.05. The Morgan fingerprint density at radius 1 is 0.929 bits per heavy atom. The number of hydrogen-bond donors (Lipinski definition) is 2. The van der Waals surface area contributed by atoms with Crippen LogP contribution < -0.4 is 34.3 Å². The highest BCUT2D eigenvalue weighted by atomic mass is 16.6. The lowest BCUT2D eigenvalue weighted by molar-refractivity contribution is -0.115. The van der Waals surface area contributed by atoms with Gasteiger partial charge < -0.3 is 34.3 Å². The van der Waals surface area contributed by atoms with E-state index in [4.69, 9.17) is 23.7 Å². The number of methoxy groups -OCH3 is 3. The average Bonchev–Trinajstić information content (AvgIpc) is 2.72. The number of fused-ring (bicyclic) bond motifs is 1. The summed E-state index contributed by atoms with van der Waals surface area (Å²) in [4.78, 5) is 12.3. The SMILES string of the molecule is COc1cc(NC(=O)CCNc2ccc3c(c2)OCCO3)cc(OC)c1OC. The lowest BCUT2D eigenvalue weighted by atomic mass is 10.2. The zero-order chi connectivity index (χ0) is 19.9. The van der Waals surface area contributed by atoms with Gasteiger partial charge in [-0.1, -0.05) is 0 Å². The zero-order valence-corrected chi connectivity index (χ0v) is 16.2. The first-order valence-electron chi connectivity index (χ1n) is 8.88. The molecule has 1 heterocycles. The first-order chi connectivity index (χ1) is 13.6. The van der Waals surface area contributed by atoms with Crippen molar-refractivity contribution in [3.63, 3.8) is 0 Å². The maximum Gasteiger partial charge on any atom is 0.226 e. The molecule has 0 radical (unpaired) electrons. The van der Waals surface area contributed by atoms with E-state index in [1.807, 2.05) is 18.2 Å². The van der Waals surface area contributed by atoms with Crippen LogP contribution in [0.1, 0.15) is 6.42 Å². The number of amides is 1. The van der Waals surface area contributed by atoms with Crippen LogP contribution >= 0.6 is 0 Å². The summed E-state index contributed by atoms with van der Waals surface area (Å²) in [6.45, 7) is 1.56. The summed E-state index contributed by atoms with van der Waals surface area (Å²) in [5.41, 5.74) is 1.43. The molecule has 0 bridgehead atoms. The largest absolute Gasteiger partial charge is 0.493 e. The molecule has 0 unspecified atom stereocenters. The Morgan fingerprint density at radius 2 is 1.61 bits per heavy atom. The van der Waals surface area contributed by atoms with E-state index in [1.54, 1.807) is 12.1 Å². The highest BCUT2D eigenvalue weighted by molar-refractivity contribution is 5.91. The predicted molar refractivity (Wildman–Crippen MR) is 105 cm³/mol. The third kappa shape index (κ3) is 4.51. The quantitative estimate of drug-likeness (QED) is 0.719. The Hall–Kier alpha value is -3.29. The molecule has 8 heteroatoms. The van der Waals surface area contributed by atoms with Crippen LogP contribution in [0.25, 0.3) is 0 Å². The van der Waals surface area contributed by atoms with Crippen molar-refractivity contribution in [3.8, 4) is 28.7 Å². The van der Waals surface area contributed by atoms with E-state index in [9.17, 15) is 4.79 Å². The molecule has 0 saturated heterocycles. The zero-order valence-electron chi connectivity index (χ0n) is 16.2. The summed E-state index contributed by atoms with van der Waals surface area (Å²) < 4.78 is 26.9. The van der Waals surface area contributed by atoms with Gasteiger partial charge in [-0.3, -0.25) is 4.79 Å². The van der Waals surface area contributed by atoms with Crippen molar-refractivity contribution in [1.29, 1.82) is 0 Å². The average molecular weight is 388 g/mol. The van der Waals surface area contributed by atoms with Gasteiger partial charge in [0.15, 0.2) is 23.0 Å². The Balaban J connectivity index is 1.56. The van der Waals surface area contributed by atoms with E-state index in [2.05, 4.69) is 10.6 Å². The van der Waals surface area contributed by atoms with Gasteiger partial charge in [0.1, 0.15) is 13.2 Å². The van der Waals surface area contributed by atoms with Gasteiger partial charge in [0.05, 0.1) is 21.3 Å². The molecule has 8 nitrogen and oxygen atoms in total. The van der Waals surface area contributed by atoms with Gasteiger partial charge in [-0.05, 0) is 12.1 Å². The fourth-order valence-corrected chi connectivity index (χ4v) is 2.85. The van der Waals surface area contributed by atoms with Gasteiger partial charge in [-0.15, -0.1) is 0 Å². The fourth-order valence-electron chi connectivity index (χ4n) is 2.85. The molecular formula is C20H24N2O6. The van der Waals surface area contributed by atoms with Crippen LogP contribution in [0.4, 0.5) is 11.4 Å². The van der Waals surface area contributed by atoms with Crippen molar-refractivity contribution in [3.05, 3.63) is 30.3 Å². The fraction of sp³-hybridized carbons (Fsp3) is 0.350. The number of benzene rings is 2. The van der Waals surface area contributed by atoms with Crippen molar-refractivity contribution >= 4 is 17.3 Å². The van der Waals surface area contributed by atoms with Crippen molar-refractivity contribution in [1.82, 2.24) is 0 Å². The van der Waals surface area contributed by atoms with Crippen LogP contribution in [0.5, 0.6) is 28.7 Å². The Kier molecular flexibility index (Phi) is 6.31. The molecule has 1 aliphatic heterocycles. The van der Waals surface area contributed by atoms with Crippen molar-refractivity contribution in [2.45, 2.75) is 6.42 Å². The molecule has 1 amide bonds. The van der Waals surface area contributed by atoms with Crippen LogP contribution in [0.15, 0.2) is 30.3 Å². The number of carbonyl (C=O) groups is 1. The Labute approximate surface area is 163 Å². The molecule has 0 fully saturated rings. The van der Waals surface area contributed by atoms with Gasteiger partial charge in [0, 0.05) is 42.5 Å². The Bertz CT molecular complexity index is 814. The molecule has 0 saturated carbocycles. The number of rotatable bonds is 8. The van der Waals surface area contributed by atoms with E-state index < -0.39 is 0 Å². The van der Waals surface area contributed by atoms with Crippen LogP contribution in [0, 0.1) is 0 Å². The van der Waals surface area contributed by atoms with Crippen LogP contribution in [0.3, 0.4) is 0 Å². The van der Waals surface area contributed by atoms with Gasteiger partial charge in [-0.25, -0.2) is 0 Å². The summed E-state index contributed by atoms with van der Waals surface area (Å²) in [6, 6.07) is 8.99. The topological polar surface area (TPSA) is 87.3 Å². The van der Waals surface area contributed by atoms with Gasteiger partial charge in [0.2, 0.25) is 11.7 Å². The number of carbonyl (C=O) groups excluding carboxylic acids is 1. The minimum absolute atomic E-state index is 0.140. The summed E-state index contributed by atoms with van der Waals surface area (Å²) in [7, 11) is 4.59. The highest BCUT2D eigenvalue weighted by Crippen LogP contribution is 2.40. The monoisotopic (exact) mass is 388 g/mol. The molecule has 0 atom stereocenters. The Morgan fingerprint density at radius 3 is 2.25 bits per heavy atom. The molecule has 0 aliphatic carbocycles. The summed E-state index contributed by atoms with van der Waals surface area (Å²) >= 11 is 0. The van der Waals surface area contributed by atoms with Crippen molar-refractivity contribution < 1.29 is 28.5 Å². The number of anilines is 2. The van der Waals surface area contributed by atoms with E-state index in [1.165, 1.54) is 21.3 Å². The minimum atomic E-state index is -0.140. The molecular weight excluding hydrogens is 364 g/mol. The highest BCUT2D eigenvalue weighted by Gasteiger charge is 2.15. The lowest BCUT2D eigenvalue weighted by Gasteiger charge is -2.19. The smallest absolute Gasteiger partial charge is 0.226 e. The normalized spacial score (nSPS) is 12.1. The number of hydrogen-bond acceptors (Lipinski definition) is 7.